The predicted molar refractivity (Wildman–Crippen MR) is 105 cm³/mol. The lowest BCUT2D eigenvalue weighted by Crippen LogP contribution is -2.44. The van der Waals surface area contributed by atoms with Crippen molar-refractivity contribution in [1.82, 2.24) is 19.7 Å². The topological polar surface area (TPSA) is 151 Å². The fourth-order valence-corrected chi connectivity index (χ4v) is 4.86. The van der Waals surface area contributed by atoms with Crippen LogP contribution in [0.2, 0.25) is 0 Å². The number of carbonyl (C=O) groups is 2. The quantitative estimate of drug-likeness (QED) is 0.565. The zero-order valence-corrected chi connectivity index (χ0v) is 17.5. The van der Waals surface area contributed by atoms with Gasteiger partial charge in [0.2, 0.25) is 15.9 Å². The second-order valence-corrected chi connectivity index (χ2v) is 8.89. The summed E-state index contributed by atoms with van der Waals surface area (Å²) in [5, 5.41) is 10.3. The zero-order chi connectivity index (χ0) is 22.2. The van der Waals surface area contributed by atoms with Gasteiger partial charge in [-0.05, 0) is 24.3 Å². The van der Waals surface area contributed by atoms with E-state index in [2.05, 4.69) is 25.1 Å². The van der Waals surface area contributed by atoms with Crippen molar-refractivity contribution >= 4 is 27.6 Å². The van der Waals surface area contributed by atoms with Crippen LogP contribution < -0.4 is 10.0 Å². The summed E-state index contributed by atoms with van der Waals surface area (Å²) in [5.74, 6) is -0.855. The van der Waals surface area contributed by atoms with Gasteiger partial charge < -0.3 is 19.5 Å². The Balaban J connectivity index is 1.44. The lowest BCUT2D eigenvalue weighted by atomic mass is 10.1. The van der Waals surface area contributed by atoms with E-state index in [-0.39, 0.29) is 35.8 Å². The van der Waals surface area contributed by atoms with Gasteiger partial charge in [0.05, 0.1) is 37.5 Å². The highest BCUT2D eigenvalue weighted by Crippen LogP contribution is 2.34. The van der Waals surface area contributed by atoms with E-state index in [4.69, 9.17) is 9.47 Å². The summed E-state index contributed by atoms with van der Waals surface area (Å²) >= 11 is 0. The van der Waals surface area contributed by atoms with E-state index in [0.717, 1.165) is 0 Å². The Kier molecular flexibility index (Phi) is 5.75. The number of nitrogens with one attached hydrogen (secondary N) is 2. The van der Waals surface area contributed by atoms with Crippen LogP contribution in [0, 0.1) is 0 Å². The summed E-state index contributed by atoms with van der Waals surface area (Å²) in [6.07, 6.45) is 0.464. The summed E-state index contributed by atoms with van der Waals surface area (Å²) in [7, 11) is -2.59. The van der Waals surface area contributed by atoms with Gasteiger partial charge in [-0.15, -0.1) is 5.10 Å². The van der Waals surface area contributed by atoms with Crippen LogP contribution in [-0.2, 0) is 29.0 Å². The van der Waals surface area contributed by atoms with Gasteiger partial charge in [-0.25, -0.2) is 22.6 Å². The Hall–Kier alpha value is -2.87. The average Bonchev–Trinajstić information content (AvgIpc) is 3.44. The first-order valence-corrected chi connectivity index (χ1v) is 10.9. The molecule has 4 rings (SSSR count). The first kappa shape index (κ1) is 21.4. The number of rotatable bonds is 6. The second kappa shape index (κ2) is 8.34. The number of hydrogen-bond donors (Lipinski definition) is 2. The molecular weight excluding hydrogens is 430 g/mol. The molecule has 0 aliphatic carbocycles. The SMILES string of the molecule is COC(=O)c1cn(C2COC3C(NS(=O)(=O)c4ccc(NC(C)=O)cc4)COC32)nn1. The smallest absolute Gasteiger partial charge is 0.360 e. The van der Waals surface area contributed by atoms with Crippen LogP contribution in [0.15, 0.2) is 35.4 Å². The molecule has 0 saturated carbocycles. The molecule has 4 atom stereocenters. The molecular formula is C18H21N5O7S. The van der Waals surface area contributed by atoms with Crippen LogP contribution in [0.1, 0.15) is 23.5 Å². The molecule has 1 aromatic heterocycles. The molecule has 2 aliphatic heterocycles. The van der Waals surface area contributed by atoms with Gasteiger partial charge in [-0.2, -0.15) is 0 Å². The van der Waals surface area contributed by atoms with Crippen molar-refractivity contribution < 1.29 is 32.2 Å². The normalized spacial score (nSPS) is 25.2. The molecule has 3 heterocycles. The molecule has 13 heteroatoms. The van der Waals surface area contributed by atoms with Crippen molar-refractivity contribution in [3.05, 3.63) is 36.2 Å². The number of methoxy groups -OCH3 is 1. The van der Waals surface area contributed by atoms with Crippen molar-refractivity contribution in [3.8, 4) is 0 Å². The number of aromatic nitrogens is 3. The molecule has 4 unspecified atom stereocenters. The van der Waals surface area contributed by atoms with Gasteiger partial charge in [0, 0.05) is 12.6 Å². The number of esters is 1. The van der Waals surface area contributed by atoms with E-state index >= 15 is 0 Å². The van der Waals surface area contributed by atoms with Crippen LogP contribution >= 0.6 is 0 Å². The van der Waals surface area contributed by atoms with Crippen LogP contribution in [0.5, 0.6) is 0 Å². The Morgan fingerprint density at radius 3 is 2.55 bits per heavy atom. The minimum absolute atomic E-state index is 0.0543. The van der Waals surface area contributed by atoms with Gasteiger partial charge in [0.15, 0.2) is 5.69 Å². The summed E-state index contributed by atoms with van der Waals surface area (Å²) < 4.78 is 45.9. The zero-order valence-electron chi connectivity index (χ0n) is 16.7. The second-order valence-electron chi connectivity index (χ2n) is 7.17. The van der Waals surface area contributed by atoms with E-state index in [1.807, 2.05) is 0 Å². The number of amides is 1. The standard InChI is InChI=1S/C18H21N5O7S/c1-10(24)19-11-3-5-12(6-4-11)31(26,27)21-14-8-29-17-15(9-30-16(14)17)23-7-13(20-22-23)18(25)28-2/h3-7,14-17,21H,8-9H2,1-2H3,(H,19,24). The number of sulfonamides is 1. The number of benzene rings is 1. The Labute approximate surface area is 177 Å². The molecule has 0 spiro atoms. The Morgan fingerprint density at radius 2 is 1.87 bits per heavy atom. The fourth-order valence-electron chi connectivity index (χ4n) is 3.63. The summed E-state index contributed by atoms with van der Waals surface area (Å²) in [6.45, 7) is 1.71. The molecule has 1 aromatic carbocycles. The summed E-state index contributed by atoms with van der Waals surface area (Å²) in [6, 6.07) is 4.87. The maximum atomic E-state index is 12.8. The van der Waals surface area contributed by atoms with Crippen molar-refractivity contribution in [3.63, 3.8) is 0 Å². The lowest BCUT2D eigenvalue weighted by molar-refractivity contribution is -0.114. The van der Waals surface area contributed by atoms with E-state index in [9.17, 15) is 18.0 Å². The predicted octanol–water partition coefficient (Wildman–Crippen LogP) is -0.291. The number of fused-ring (bicyclic) bond motifs is 1. The third kappa shape index (κ3) is 4.30. The van der Waals surface area contributed by atoms with Crippen molar-refractivity contribution in [2.24, 2.45) is 0 Å². The molecule has 2 aliphatic rings. The van der Waals surface area contributed by atoms with Crippen molar-refractivity contribution in [2.75, 3.05) is 25.6 Å². The molecule has 0 bridgehead atoms. The largest absolute Gasteiger partial charge is 0.464 e. The van der Waals surface area contributed by atoms with E-state index in [0.29, 0.717) is 5.69 Å². The van der Waals surface area contributed by atoms with Gasteiger partial charge in [-0.3, -0.25) is 4.79 Å². The van der Waals surface area contributed by atoms with Crippen LogP contribution in [0.3, 0.4) is 0 Å². The van der Waals surface area contributed by atoms with Crippen LogP contribution in [0.25, 0.3) is 0 Å². The maximum Gasteiger partial charge on any atom is 0.360 e. The first-order chi connectivity index (χ1) is 14.8. The first-order valence-electron chi connectivity index (χ1n) is 9.42. The third-order valence-electron chi connectivity index (χ3n) is 5.06. The minimum atomic E-state index is -3.84. The molecule has 12 nitrogen and oxygen atoms in total. The number of carbonyl (C=O) groups excluding carboxylic acids is 2. The average molecular weight is 451 g/mol. The third-order valence-corrected chi connectivity index (χ3v) is 6.57. The number of nitrogens with zero attached hydrogens (tertiary/aromatic N) is 3. The summed E-state index contributed by atoms with van der Waals surface area (Å²) in [5.41, 5.74) is 0.556. The molecule has 2 aromatic rings. The molecule has 2 fully saturated rings. The minimum Gasteiger partial charge on any atom is -0.464 e. The highest BCUT2D eigenvalue weighted by molar-refractivity contribution is 7.89. The maximum absolute atomic E-state index is 12.8. The van der Waals surface area contributed by atoms with E-state index < -0.39 is 34.2 Å². The molecule has 1 amide bonds. The number of ether oxygens (including phenoxy) is 3. The van der Waals surface area contributed by atoms with Gasteiger partial charge in [-0.1, -0.05) is 5.21 Å². The van der Waals surface area contributed by atoms with Crippen molar-refractivity contribution in [2.45, 2.75) is 36.1 Å². The highest BCUT2D eigenvalue weighted by Gasteiger charge is 2.50. The number of anilines is 1. The molecule has 2 N–H and O–H groups in total. The van der Waals surface area contributed by atoms with Crippen molar-refractivity contribution in [1.29, 1.82) is 0 Å². The Bertz CT molecular complexity index is 1080. The fraction of sp³-hybridized carbons (Fsp3) is 0.444. The monoisotopic (exact) mass is 451 g/mol. The van der Waals surface area contributed by atoms with E-state index in [1.165, 1.54) is 49.2 Å². The Morgan fingerprint density at radius 1 is 1.16 bits per heavy atom. The molecule has 0 radical (unpaired) electrons. The van der Waals surface area contributed by atoms with Crippen LogP contribution in [0.4, 0.5) is 5.69 Å². The highest BCUT2D eigenvalue weighted by atomic mass is 32.2. The van der Waals surface area contributed by atoms with Gasteiger partial charge >= 0.3 is 5.97 Å². The van der Waals surface area contributed by atoms with Gasteiger partial charge in [0.1, 0.15) is 18.2 Å². The summed E-state index contributed by atoms with van der Waals surface area (Å²) in [4.78, 5) is 22.8. The van der Waals surface area contributed by atoms with Gasteiger partial charge in [0.25, 0.3) is 0 Å². The molecule has 2 saturated heterocycles. The molecule has 31 heavy (non-hydrogen) atoms. The van der Waals surface area contributed by atoms with E-state index in [1.54, 1.807) is 0 Å². The molecule has 166 valence electrons. The van der Waals surface area contributed by atoms with Crippen LogP contribution in [-0.4, -0.2) is 73.9 Å². The number of hydrogen-bond acceptors (Lipinski definition) is 9. The lowest BCUT2D eigenvalue weighted by Gasteiger charge is -2.18.